The molecule has 0 unspecified atom stereocenters. The van der Waals surface area contributed by atoms with Gasteiger partial charge in [0.1, 0.15) is 13.5 Å². The SMILES string of the molecule is [B]c1ccc(C(=O)c2n[nH]c(=O)c3c(-c4ccc(C#N)cc4)csc23)cc1. The molecule has 2 aromatic carbocycles. The largest absolute Gasteiger partial charge is 0.287 e. The number of hydrogen-bond donors (Lipinski definition) is 1. The molecule has 0 amide bonds. The molecular formula is C20H10BN3O2S. The van der Waals surface area contributed by atoms with Crippen LogP contribution in [0.3, 0.4) is 0 Å². The number of hydrogen-bond acceptors (Lipinski definition) is 5. The molecule has 2 aromatic heterocycles. The van der Waals surface area contributed by atoms with Crippen LogP contribution in [0.5, 0.6) is 0 Å². The Morgan fingerprint density at radius 2 is 1.81 bits per heavy atom. The fraction of sp³-hybridized carbons (Fsp3) is 0. The number of fused-ring (bicyclic) bond motifs is 1. The highest BCUT2D eigenvalue weighted by molar-refractivity contribution is 7.18. The quantitative estimate of drug-likeness (QED) is 0.445. The van der Waals surface area contributed by atoms with Gasteiger partial charge in [0.2, 0.25) is 5.78 Å². The number of nitriles is 1. The van der Waals surface area contributed by atoms with Crippen LogP contribution in [0.25, 0.3) is 21.2 Å². The van der Waals surface area contributed by atoms with Crippen LogP contribution in [0.2, 0.25) is 0 Å². The number of aromatic amines is 1. The predicted octanol–water partition coefficient (Wildman–Crippen LogP) is 2.55. The number of aromatic nitrogens is 2. The lowest BCUT2D eigenvalue weighted by atomic mass is 9.94. The Bertz CT molecular complexity index is 1270. The first-order chi connectivity index (χ1) is 13.1. The molecule has 126 valence electrons. The van der Waals surface area contributed by atoms with Crippen LogP contribution in [0.15, 0.2) is 58.7 Å². The smallest absolute Gasteiger partial charge is 0.273 e. The van der Waals surface area contributed by atoms with E-state index >= 15 is 0 Å². The molecule has 0 aliphatic rings. The maximum absolute atomic E-state index is 12.9. The Kier molecular flexibility index (Phi) is 4.19. The summed E-state index contributed by atoms with van der Waals surface area (Å²) in [7, 11) is 5.67. The number of carbonyl (C=O) groups is 1. The summed E-state index contributed by atoms with van der Waals surface area (Å²) in [6.07, 6.45) is 0. The molecule has 7 heteroatoms. The number of ketones is 1. The van der Waals surface area contributed by atoms with Crippen LogP contribution >= 0.6 is 11.3 Å². The first-order valence-electron chi connectivity index (χ1n) is 7.99. The molecule has 0 aliphatic carbocycles. The summed E-state index contributed by atoms with van der Waals surface area (Å²) >= 11 is 1.29. The van der Waals surface area contributed by atoms with E-state index < -0.39 is 0 Å². The molecule has 1 N–H and O–H groups in total. The van der Waals surface area contributed by atoms with Crippen molar-refractivity contribution in [1.29, 1.82) is 5.26 Å². The van der Waals surface area contributed by atoms with Crippen LogP contribution < -0.4 is 11.0 Å². The molecule has 2 heterocycles. The van der Waals surface area contributed by atoms with E-state index in [-0.39, 0.29) is 17.0 Å². The van der Waals surface area contributed by atoms with Crippen LogP contribution in [-0.4, -0.2) is 23.8 Å². The molecule has 5 nitrogen and oxygen atoms in total. The van der Waals surface area contributed by atoms with Crippen molar-refractivity contribution in [2.45, 2.75) is 0 Å². The minimum atomic E-state index is -0.362. The number of nitrogens with one attached hydrogen (secondary N) is 1. The van der Waals surface area contributed by atoms with E-state index in [0.29, 0.717) is 32.2 Å². The van der Waals surface area contributed by atoms with Gasteiger partial charge in [-0.3, -0.25) is 9.59 Å². The number of carbonyl (C=O) groups excluding carboxylic acids is 1. The predicted molar refractivity (Wildman–Crippen MR) is 106 cm³/mol. The Balaban J connectivity index is 1.87. The van der Waals surface area contributed by atoms with E-state index in [4.69, 9.17) is 13.1 Å². The van der Waals surface area contributed by atoms with Crippen molar-refractivity contribution >= 4 is 40.5 Å². The normalized spacial score (nSPS) is 10.6. The van der Waals surface area contributed by atoms with E-state index in [1.807, 2.05) is 5.38 Å². The lowest BCUT2D eigenvalue weighted by Gasteiger charge is -2.03. The molecule has 0 bridgehead atoms. The third-order valence-electron chi connectivity index (χ3n) is 4.22. The topological polar surface area (TPSA) is 86.6 Å². The Morgan fingerprint density at radius 1 is 1.11 bits per heavy atom. The standard InChI is InChI=1S/C20H10BN3O2S/c21-14-7-5-13(6-8-14)18(25)17-19-16(20(26)24-23-17)15(10-27-19)12-3-1-11(9-22)2-4-12/h1-8,10H,(H,24,26). The van der Waals surface area contributed by atoms with Gasteiger partial charge in [-0.25, -0.2) is 5.10 Å². The van der Waals surface area contributed by atoms with Crippen LogP contribution in [0, 0.1) is 11.3 Å². The van der Waals surface area contributed by atoms with Crippen molar-refractivity contribution in [3.8, 4) is 17.2 Å². The van der Waals surface area contributed by atoms with Crippen molar-refractivity contribution in [3.05, 3.63) is 81.1 Å². The van der Waals surface area contributed by atoms with Gasteiger partial charge >= 0.3 is 0 Å². The minimum Gasteiger partial charge on any atom is -0.287 e. The molecule has 0 saturated carbocycles. The second-order valence-corrected chi connectivity index (χ2v) is 6.77. The van der Waals surface area contributed by atoms with Gasteiger partial charge in [-0.1, -0.05) is 41.9 Å². The summed E-state index contributed by atoms with van der Waals surface area (Å²) in [5.41, 5.74) is 2.87. The number of benzene rings is 2. The highest BCUT2D eigenvalue weighted by Crippen LogP contribution is 2.33. The maximum atomic E-state index is 12.9. The number of thiophene rings is 1. The zero-order valence-corrected chi connectivity index (χ0v) is 14.7. The minimum absolute atomic E-state index is 0.194. The van der Waals surface area contributed by atoms with Crippen molar-refractivity contribution in [2.75, 3.05) is 0 Å². The molecule has 4 aromatic rings. The average molecular weight is 367 g/mol. The van der Waals surface area contributed by atoms with Crippen molar-refractivity contribution in [1.82, 2.24) is 10.2 Å². The average Bonchev–Trinajstić information content (AvgIpc) is 3.14. The van der Waals surface area contributed by atoms with Crippen molar-refractivity contribution in [3.63, 3.8) is 0 Å². The van der Waals surface area contributed by atoms with Gasteiger partial charge in [0, 0.05) is 16.5 Å². The fourth-order valence-electron chi connectivity index (χ4n) is 2.83. The fourth-order valence-corrected chi connectivity index (χ4v) is 3.89. The van der Waals surface area contributed by atoms with E-state index in [1.54, 1.807) is 48.5 Å². The Morgan fingerprint density at radius 3 is 2.48 bits per heavy atom. The number of nitrogens with zero attached hydrogens (tertiary/aromatic N) is 2. The number of rotatable bonds is 3. The molecule has 0 spiro atoms. The van der Waals surface area contributed by atoms with Gasteiger partial charge in [0.25, 0.3) is 5.56 Å². The van der Waals surface area contributed by atoms with Gasteiger partial charge < -0.3 is 0 Å². The summed E-state index contributed by atoms with van der Waals surface area (Å²) in [6.45, 7) is 0. The second kappa shape index (κ2) is 6.67. The summed E-state index contributed by atoms with van der Waals surface area (Å²) < 4.78 is 0.528. The van der Waals surface area contributed by atoms with Crippen LogP contribution in [-0.2, 0) is 0 Å². The monoisotopic (exact) mass is 367 g/mol. The van der Waals surface area contributed by atoms with Gasteiger partial charge in [-0.05, 0) is 17.7 Å². The van der Waals surface area contributed by atoms with E-state index in [0.717, 1.165) is 5.56 Å². The summed E-state index contributed by atoms with van der Waals surface area (Å²) in [6, 6.07) is 15.6. The van der Waals surface area contributed by atoms with Gasteiger partial charge in [0.15, 0.2) is 0 Å². The first-order valence-corrected chi connectivity index (χ1v) is 8.87. The first kappa shape index (κ1) is 16.9. The molecule has 0 aliphatic heterocycles. The zero-order chi connectivity index (χ0) is 19.0. The molecule has 27 heavy (non-hydrogen) atoms. The van der Waals surface area contributed by atoms with E-state index in [2.05, 4.69) is 16.3 Å². The molecular weight excluding hydrogens is 357 g/mol. The van der Waals surface area contributed by atoms with E-state index in [9.17, 15) is 9.59 Å². The molecule has 2 radical (unpaired) electrons. The van der Waals surface area contributed by atoms with Crippen LogP contribution in [0.4, 0.5) is 0 Å². The van der Waals surface area contributed by atoms with Gasteiger partial charge in [-0.15, -0.1) is 11.3 Å². The summed E-state index contributed by atoms with van der Waals surface area (Å²) in [5.74, 6) is -0.288. The van der Waals surface area contributed by atoms with Crippen molar-refractivity contribution < 1.29 is 4.79 Å². The third kappa shape index (κ3) is 2.96. The Hall–Kier alpha value is -3.50. The van der Waals surface area contributed by atoms with Crippen LogP contribution in [0.1, 0.15) is 21.6 Å². The second-order valence-electron chi connectivity index (χ2n) is 5.90. The highest BCUT2D eigenvalue weighted by atomic mass is 32.1. The zero-order valence-electron chi connectivity index (χ0n) is 13.9. The summed E-state index contributed by atoms with van der Waals surface area (Å²) in [5, 5.41) is 17.6. The lowest BCUT2D eigenvalue weighted by molar-refractivity contribution is 0.103. The van der Waals surface area contributed by atoms with Crippen molar-refractivity contribution in [2.24, 2.45) is 0 Å². The van der Waals surface area contributed by atoms with Gasteiger partial charge in [-0.2, -0.15) is 10.4 Å². The van der Waals surface area contributed by atoms with E-state index in [1.165, 1.54) is 11.3 Å². The maximum Gasteiger partial charge on any atom is 0.273 e. The Labute approximate surface area is 159 Å². The molecule has 0 fully saturated rings. The molecule has 0 atom stereocenters. The highest BCUT2D eigenvalue weighted by Gasteiger charge is 2.20. The molecule has 4 rings (SSSR count). The molecule has 0 saturated heterocycles. The van der Waals surface area contributed by atoms with Gasteiger partial charge in [0.05, 0.1) is 21.7 Å². The third-order valence-corrected chi connectivity index (χ3v) is 5.20. The lowest BCUT2D eigenvalue weighted by Crippen LogP contribution is -2.14. The number of H-pyrrole nitrogens is 1. The summed E-state index contributed by atoms with van der Waals surface area (Å²) in [4.78, 5) is 25.3.